The molecule has 0 radical (unpaired) electrons. The zero-order valence-corrected chi connectivity index (χ0v) is 11.9. The van der Waals surface area contributed by atoms with Gasteiger partial charge in [0.15, 0.2) is 0 Å². The summed E-state index contributed by atoms with van der Waals surface area (Å²) < 4.78 is 6.98. The molecule has 0 spiro atoms. The topological polar surface area (TPSA) is 77.3 Å². The number of carbonyl (C=O) groups excluding carboxylic acids is 1. The Kier molecular flexibility index (Phi) is 3.94. The van der Waals surface area contributed by atoms with Crippen LogP contribution in [-0.4, -0.2) is 26.6 Å². The molecule has 0 bridgehead atoms. The summed E-state index contributed by atoms with van der Waals surface area (Å²) in [5.41, 5.74) is 5.59. The van der Waals surface area contributed by atoms with E-state index in [1.165, 1.54) is 12.8 Å². The maximum absolute atomic E-state index is 12.6. The minimum Gasteiger partial charge on any atom is -0.467 e. The van der Waals surface area contributed by atoms with E-state index in [9.17, 15) is 4.79 Å². The number of amides is 1. The van der Waals surface area contributed by atoms with Crippen molar-refractivity contribution in [1.29, 1.82) is 0 Å². The van der Waals surface area contributed by atoms with Crippen LogP contribution in [0.25, 0.3) is 0 Å². The zero-order valence-electron chi connectivity index (χ0n) is 11.9. The van der Waals surface area contributed by atoms with E-state index >= 15 is 0 Å². The Balaban J connectivity index is 1.72. The second kappa shape index (κ2) is 6.03. The smallest absolute Gasteiger partial charge is 0.244 e. The summed E-state index contributed by atoms with van der Waals surface area (Å²) in [7, 11) is 0. The van der Waals surface area contributed by atoms with E-state index in [0.29, 0.717) is 18.4 Å². The third-order valence-electron chi connectivity index (χ3n) is 3.95. The fraction of sp³-hybridized carbons (Fsp3) is 0.467. The highest BCUT2D eigenvalue weighted by Crippen LogP contribution is 2.25. The normalized spacial score (nSPS) is 15.4. The zero-order chi connectivity index (χ0) is 14.7. The minimum atomic E-state index is 0.0569. The van der Waals surface area contributed by atoms with E-state index < -0.39 is 0 Å². The van der Waals surface area contributed by atoms with Gasteiger partial charge in [-0.05, 0) is 31.0 Å². The highest BCUT2D eigenvalue weighted by molar-refractivity contribution is 5.76. The van der Waals surface area contributed by atoms with Crippen LogP contribution in [0.4, 0.5) is 5.82 Å². The molecule has 0 unspecified atom stereocenters. The highest BCUT2D eigenvalue weighted by atomic mass is 16.3. The second-order valence-corrected chi connectivity index (χ2v) is 5.48. The third kappa shape index (κ3) is 3.26. The van der Waals surface area contributed by atoms with Crippen LogP contribution in [0.2, 0.25) is 0 Å². The molecule has 1 aliphatic rings. The minimum absolute atomic E-state index is 0.0569. The van der Waals surface area contributed by atoms with Crippen molar-refractivity contribution in [3.05, 3.63) is 36.4 Å². The van der Waals surface area contributed by atoms with Gasteiger partial charge in [0.1, 0.15) is 18.1 Å². The van der Waals surface area contributed by atoms with Gasteiger partial charge in [-0.2, -0.15) is 5.10 Å². The predicted molar refractivity (Wildman–Crippen MR) is 78.2 cm³/mol. The summed E-state index contributed by atoms with van der Waals surface area (Å²) in [6, 6.07) is 5.75. The Hall–Kier alpha value is -2.24. The predicted octanol–water partition coefficient (Wildman–Crippen LogP) is 2.03. The van der Waals surface area contributed by atoms with Crippen LogP contribution in [0.1, 0.15) is 31.4 Å². The molecular formula is C15H20N4O2. The number of rotatable bonds is 5. The fourth-order valence-electron chi connectivity index (χ4n) is 2.90. The van der Waals surface area contributed by atoms with Gasteiger partial charge < -0.3 is 15.1 Å². The lowest BCUT2D eigenvalue weighted by atomic mass is 10.2. The van der Waals surface area contributed by atoms with E-state index in [2.05, 4.69) is 5.10 Å². The Labute approximate surface area is 123 Å². The summed E-state index contributed by atoms with van der Waals surface area (Å²) in [5.74, 6) is 1.30. The molecule has 112 valence electrons. The monoisotopic (exact) mass is 288 g/mol. The first-order valence-corrected chi connectivity index (χ1v) is 7.33. The molecule has 21 heavy (non-hydrogen) atoms. The average molecular weight is 288 g/mol. The summed E-state index contributed by atoms with van der Waals surface area (Å²) >= 11 is 0. The van der Waals surface area contributed by atoms with Gasteiger partial charge >= 0.3 is 0 Å². The largest absolute Gasteiger partial charge is 0.467 e. The first kappa shape index (κ1) is 13.7. The Morgan fingerprint density at radius 2 is 2.24 bits per heavy atom. The lowest BCUT2D eigenvalue weighted by molar-refractivity contribution is -0.135. The average Bonchev–Trinajstić information content (AvgIpc) is 3.18. The number of anilines is 1. The number of nitrogen functional groups attached to an aromatic ring is 1. The Morgan fingerprint density at radius 3 is 2.86 bits per heavy atom. The van der Waals surface area contributed by atoms with Crippen molar-refractivity contribution in [3.63, 3.8) is 0 Å². The van der Waals surface area contributed by atoms with Gasteiger partial charge in [-0.3, -0.25) is 9.48 Å². The van der Waals surface area contributed by atoms with E-state index in [-0.39, 0.29) is 12.5 Å². The molecule has 6 heteroatoms. The van der Waals surface area contributed by atoms with E-state index in [4.69, 9.17) is 10.2 Å². The van der Waals surface area contributed by atoms with Crippen LogP contribution in [0.5, 0.6) is 0 Å². The number of carbonyl (C=O) groups is 1. The number of hydrogen-bond acceptors (Lipinski definition) is 4. The van der Waals surface area contributed by atoms with Gasteiger partial charge in [0, 0.05) is 12.2 Å². The lowest BCUT2D eigenvalue weighted by Gasteiger charge is -2.28. The molecule has 2 aromatic rings. The first-order valence-electron chi connectivity index (χ1n) is 7.33. The van der Waals surface area contributed by atoms with E-state index in [1.54, 1.807) is 23.2 Å². The molecule has 2 aromatic heterocycles. The SMILES string of the molecule is Nc1ccn(CC(=O)N(Cc2ccco2)C2CCCC2)n1. The van der Waals surface area contributed by atoms with Gasteiger partial charge in [-0.15, -0.1) is 0 Å². The molecule has 1 saturated carbocycles. The molecule has 3 rings (SSSR count). The van der Waals surface area contributed by atoms with Gasteiger partial charge in [0.2, 0.25) is 5.91 Å². The van der Waals surface area contributed by atoms with Gasteiger partial charge in [-0.25, -0.2) is 0 Å². The highest BCUT2D eigenvalue weighted by Gasteiger charge is 2.27. The molecule has 2 heterocycles. The number of nitrogens with two attached hydrogens (primary N) is 1. The van der Waals surface area contributed by atoms with Gasteiger partial charge in [-0.1, -0.05) is 12.8 Å². The molecule has 2 N–H and O–H groups in total. The second-order valence-electron chi connectivity index (χ2n) is 5.48. The van der Waals surface area contributed by atoms with Crippen molar-refractivity contribution in [2.24, 2.45) is 0 Å². The molecule has 1 aliphatic carbocycles. The van der Waals surface area contributed by atoms with E-state index in [0.717, 1.165) is 18.6 Å². The van der Waals surface area contributed by atoms with Crippen molar-refractivity contribution in [2.45, 2.75) is 44.8 Å². The van der Waals surface area contributed by atoms with Crippen molar-refractivity contribution >= 4 is 11.7 Å². The summed E-state index contributed by atoms with van der Waals surface area (Å²) in [5, 5.41) is 4.08. The van der Waals surface area contributed by atoms with E-state index in [1.807, 2.05) is 17.0 Å². The Morgan fingerprint density at radius 1 is 1.43 bits per heavy atom. The van der Waals surface area contributed by atoms with Crippen molar-refractivity contribution in [1.82, 2.24) is 14.7 Å². The maximum Gasteiger partial charge on any atom is 0.244 e. The Bertz CT molecular complexity index is 585. The van der Waals surface area contributed by atoms with Crippen LogP contribution in [0.3, 0.4) is 0 Å². The van der Waals surface area contributed by atoms with Gasteiger partial charge in [0.05, 0.1) is 12.8 Å². The molecular weight excluding hydrogens is 268 g/mol. The molecule has 1 amide bonds. The lowest BCUT2D eigenvalue weighted by Crippen LogP contribution is -2.40. The van der Waals surface area contributed by atoms with Gasteiger partial charge in [0.25, 0.3) is 0 Å². The molecule has 0 atom stereocenters. The summed E-state index contributed by atoms with van der Waals surface area (Å²) in [6.07, 6.45) is 7.86. The quantitative estimate of drug-likeness (QED) is 0.913. The van der Waals surface area contributed by atoms with Crippen LogP contribution in [0, 0.1) is 0 Å². The number of nitrogens with zero attached hydrogens (tertiary/aromatic N) is 3. The maximum atomic E-state index is 12.6. The summed E-state index contributed by atoms with van der Waals surface area (Å²) in [6.45, 7) is 0.738. The van der Waals surface area contributed by atoms with Crippen LogP contribution < -0.4 is 5.73 Å². The molecule has 0 aromatic carbocycles. The van der Waals surface area contributed by atoms with Crippen molar-refractivity contribution < 1.29 is 9.21 Å². The fourth-order valence-corrected chi connectivity index (χ4v) is 2.90. The van der Waals surface area contributed by atoms with Crippen LogP contribution in [-0.2, 0) is 17.9 Å². The third-order valence-corrected chi connectivity index (χ3v) is 3.95. The number of aromatic nitrogens is 2. The van der Waals surface area contributed by atoms with Crippen LogP contribution in [0.15, 0.2) is 35.1 Å². The number of furan rings is 1. The molecule has 6 nitrogen and oxygen atoms in total. The molecule has 1 fully saturated rings. The standard InChI is InChI=1S/C15H20N4O2/c16-14-7-8-18(17-14)11-15(20)19(12-4-1-2-5-12)10-13-6-3-9-21-13/h3,6-9,12H,1-2,4-5,10-11H2,(H2,16,17). The number of hydrogen-bond donors (Lipinski definition) is 1. The molecule has 0 aliphatic heterocycles. The summed E-state index contributed by atoms with van der Waals surface area (Å²) in [4.78, 5) is 14.5. The van der Waals surface area contributed by atoms with Crippen molar-refractivity contribution in [2.75, 3.05) is 5.73 Å². The van der Waals surface area contributed by atoms with Crippen LogP contribution >= 0.6 is 0 Å². The molecule has 0 saturated heterocycles. The van der Waals surface area contributed by atoms with Crippen molar-refractivity contribution in [3.8, 4) is 0 Å². The first-order chi connectivity index (χ1) is 10.2.